The molecule has 0 bridgehead atoms. The van der Waals surface area contributed by atoms with Crippen LogP contribution in [0, 0.1) is 0 Å². The van der Waals surface area contributed by atoms with Gasteiger partial charge in [-0.05, 0) is 93.2 Å². The average molecular weight is 704 g/mol. The van der Waals surface area contributed by atoms with Crippen LogP contribution in [0.4, 0.5) is 17.1 Å². The highest BCUT2D eigenvalue weighted by atomic mass is 16.3. The Bertz CT molecular complexity index is 3190. The summed E-state index contributed by atoms with van der Waals surface area (Å²) in [5.74, 6) is 0. The van der Waals surface area contributed by atoms with Gasteiger partial charge in [0, 0.05) is 38.5 Å². The first kappa shape index (κ1) is 31.2. The first-order valence-electron chi connectivity index (χ1n) is 18.7. The molecule has 3 heteroatoms. The second-order valence-electron chi connectivity index (χ2n) is 14.1. The molecule has 0 unspecified atom stereocenters. The minimum Gasteiger partial charge on any atom is -0.456 e. The standard InChI is InChI=1S/C52H33NO2/c1-3-11-34(12-4-1)37-21-22-39-32-42(29-25-38(39)31-37)53(41-27-23-35(24-28-41)40-26-30-50-47(33-40)44-15-7-8-20-49(44)54-50)48-19-10-18-46-45-17-9-16-43(51(45)55-52(46)48)36-13-5-2-6-14-36/h1-33H. The average Bonchev–Trinajstić information content (AvgIpc) is 3.83. The minimum atomic E-state index is 0.849. The fourth-order valence-corrected chi connectivity index (χ4v) is 8.14. The first-order chi connectivity index (χ1) is 27.2. The number of hydrogen-bond donors (Lipinski definition) is 0. The number of benzene rings is 9. The molecule has 258 valence electrons. The van der Waals surface area contributed by atoms with E-state index >= 15 is 0 Å². The fraction of sp³-hybridized carbons (Fsp3) is 0. The van der Waals surface area contributed by atoms with Gasteiger partial charge in [0.15, 0.2) is 5.58 Å². The Hall–Kier alpha value is -7.36. The van der Waals surface area contributed by atoms with Crippen molar-refractivity contribution >= 4 is 71.7 Å². The van der Waals surface area contributed by atoms with E-state index in [1.54, 1.807) is 0 Å². The Morgan fingerprint density at radius 3 is 1.73 bits per heavy atom. The largest absolute Gasteiger partial charge is 0.456 e. The number of nitrogens with zero attached hydrogens (tertiary/aromatic N) is 1. The van der Waals surface area contributed by atoms with Crippen molar-refractivity contribution in [1.82, 2.24) is 0 Å². The molecule has 0 amide bonds. The second kappa shape index (κ2) is 12.6. The van der Waals surface area contributed by atoms with Gasteiger partial charge in [-0.25, -0.2) is 0 Å². The Morgan fingerprint density at radius 1 is 0.309 bits per heavy atom. The molecule has 2 heterocycles. The highest BCUT2D eigenvalue weighted by Crippen LogP contribution is 2.45. The molecule has 0 N–H and O–H groups in total. The maximum Gasteiger partial charge on any atom is 0.159 e. The lowest BCUT2D eigenvalue weighted by Gasteiger charge is -2.26. The lowest BCUT2D eigenvalue weighted by Crippen LogP contribution is -2.10. The highest BCUT2D eigenvalue weighted by Gasteiger charge is 2.21. The Morgan fingerprint density at radius 2 is 0.891 bits per heavy atom. The third-order valence-corrected chi connectivity index (χ3v) is 10.9. The zero-order valence-corrected chi connectivity index (χ0v) is 29.8. The van der Waals surface area contributed by atoms with Crippen LogP contribution in [0.15, 0.2) is 209 Å². The Kier molecular flexibility index (Phi) is 7.17. The molecule has 55 heavy (non-hydrogen) atoms. The van der Waals surface area contributed by atoms with E-state index in [9.17, 15) is 0 Å². The summed E-state index contributed by atoms with van der Waals surface area (Å²) in [5, 5.41) is 6.79. The van der Waals surface area contributed by atoms with Crippen molar-refractivity contribution in [3.05, 3.63) is 200 Å². The summed E-state index contributed by atoms with van der Waals surface area (Å²) in [6.07, 6.45) is 0. The molecule has 0 radical (unpaired) electrons. The summed E-state index contributed by atoms with van der Waals surface area (Å²) in [5.41, 5.74) is 13.5. The van der Waals surface area contributed by atoms with Crippen LogP contribution in [0.1, 0.15) is 0 Å². The van der Waals surface area contributed by atoms with Crippen molar-refractivity contribution in [3.63, 3.8) is 0 Å². The van der Waals surface area contributed by atoms with Crippen molar-refractivity contribution in [2.45, 2.75) is 0 Å². The summed E-state index contributed by atoms with van der Waals surface area (Å²) < 4.78 is 13.1. The van der Waals surface area contributed by atoms with Crippen LogP contribution in [0.25, 0.3) is 88.0 Å². The van der Waals surface area contributed by atoms with Crippen molar-refractivity contribution in [2.24, 2.45) is 0 Å². The van der Waals surface area contributed by atoms with E-state index in [4.69, 9.17) is 8.83 Å². The third kappa shape index (κ3) is 5.28. The van der Waals surface area contributed by atoms with E-state index in [1.165, 1.54) is 21.9 Å². The molecule has 2 aromatic heterocycles. The van der Waals surface area contributed by atoms with E-state index < -0.39 is 0 Å². The fourth-order valence-electron chi connectivity index (χ4n) is 8.14. The molecule has 9 aromatic carbocycles. The van der Waals surface area contributed by atoms with Crippen LogP contribution in [-0.4, -0.2) is 0 Å². The third-order valence-electron chi connectivity index (χ3n) is 10.9. The molecule has 0 aliphatic carbocycles. The number of fused-ring (bicyclic) bond motifs is 7. The molecule has 0 atom stereocenters. The van der Waals surface area contributed by atoms with Gasteiger partial charge in [0.1, 0.15) is 16.7 Å². The predicted molar refractivity (Wildman–Crippen MR) is 229 cm³/mol. The lowest BCUT2D eigenvalue weighted by atomic mass is 10.00. The van der Waals surface area contributed by atoms with Gasteiger partial charge in [0.2, 0.25) is 0 Å². The van der Waals surface area contributed by atoms with E-state index in [0.29, 0.717) is 0 Å². The van der Waals surface area contributed by atoms with Gasteiger partial charge >= 0.3 is 0 Å². The summed E-state index contributed by atoms with van der Waals surface area (Å²) in [4.78, 5) is 2.33. The molecule has 11 aromatic rings. The normalized spacial score (nSPS) is 11.6. The maximum absolute atomic E-state index is 6.96. The zero-order valence-electron chi connectivity index (χ0n) is 29.8. The van der Waals surface area contributed by atoms with Crippen LogP contribution in [0.2, 0.25) is 0 Å². The maximum atomic E-state index is 6.96. The van der Waals surface area contributed by atoms with Crippen molar-refractivity contribution in [1.29, 1.82) is 0 Å². The van der Waals surface area contributed by atoms with E-state index in [2.05, 4.69) is 187 Å². The zero-order chi connectivity index (χ0) is 36.3. The molecule has 0 saturated heterocycles. The predicted octanol–water partition coefficient (Wildman–Crippen LogP) is 15.1. The van der Waals surface area contributed by atoms with Crippen LogP contribution in [0.3, 0.4) is 0 Å². The summed E-state index contributed by atoms with van der Waals surface area (Å²) >= 11 is 0. The number of rotatable bonds is 6. The summed E-state index contributed by atoms with van der Waals surface area (Å²) in [6.45, 7) is 0. The van der Waals surface area contributed by atoms with E-state index in [1.807, 2.05) is 18.2 Å². The number of anilines is 3. The minimum absolute atomic E-state index is 0.849. The van der Waals surface area contributed by atoms with Crippen LogP contribution in [-0.2, 0) is 0 Å². The summed E-state index contributed by atoms with van der Waals surface area (Å²) in [6, 6.07) is 70.9. The number of para-hydroxylation sites is 3. The first-order valence-corrected chi connectivity index (χ1v) is 18.7. The van der Waals surface area contributed by atoms with Gasteiger partial charge in [-0.3, -0.25) is 0 Å². The van der Waals surface area contributed by atoms with E-state index in [0.717, 1.165) is 83.2 Å². The lowest BCUT2D eigenvalue weighted by molar-refractivity contribution is 0.669. The topological polar surface area (TPSA) is 29.5 Å². The van der Waals surface area contributed by atoms with Gasteiger partial charge in [-0.15, -0.1) is 0 Å². The van der Waals surface area contributed by atoms with E-state index in [-0.39, 0.29) is 0 Å². The number of hydrogen-bond acceptors (Lipinski definition) is 3. The van der Waals surface area contributed by atoms with Gasteiger partial charge in [-0.2, -0.15) is 0 Å². The number of furan rings is 2. The SMILES string of the molecule is c1ccc(-c2ccc3cc(N(c4ccc(-c5ccc6oc7ccccc7c6c5)cc4)c4cccc5c4oc4c(-c6ccccc6)cccc45)ccc3c2)cc1. The molecule has 0 spiro atoms. The second-order valence-corrected chi connectivity index (χ2v) is 14.1. The Balaban J connectivity index is 1.07. The summed E-state index contributed by atoms with van der Waals surface area (Å²) in [7, 11) is 0. The quantitative estimate of drug-likeness (QED) is 0.173. The van der Waals surface area contributed by atoms with Crippen molar-refractivity contribution in [2.75, 3.05) is 4.90 Å². The van der Waals surface area contributed by atoms with Crippen LogP contribution < -0.4 is 4.90 Å². The highest BCUT2D eigenvalue weighted by molar-refractivity contribution is 6.14. The molecule has 11 rings (SSSR count). The molecule has 0 aliphatic rings. The molecule has 0 saturated carbocycles. The van der Waals surface area contributed by atoms with Crippen molar-refractivity contribution < 1.29 is 8.83 Å². The van der Waals surface area contributed by atoms with Crippen LogP contribution >= 0.6 is 0 Å². The molecule has 0 aliphatic heterocycles. The van der Waals surface area contributed by atoms with Crippen LogP contribution in [0.5, 0.6) is 0 Å². The van der Waals surface area contributed by atoms with Crippen molar-refractivity contribution in [3.8, 4) is 33.4 Å². The van der Waals surface area contributed by atoms with Gasteiger partial charge in [0.05, 0.1) is 5.69 Å². The Labute approximate surface area is 317 Å². The smallest absolute Gasteiger partial charge is 0.159 e. The van der Waals surface area contributed by atoms with Gasteiger partial charge in [-0.1, -0.05) is 146 Å². The molecule has 3 nitrogen and oxygen atoms in total. The van der Waals surface area contributed by atoms with Gasteiger partial charge < -0.3 is 13.7 Å². The molecule has 0 fully saturated rings. The monoisotopic (exact) mass is 703 g/mol. The molecular weight excluding hydrogens is 671 g/mol. The molecular formula is C52H33NO2. The van der Waals surface area contributed by atoms with Gasteiger partial charge in [0.25, 0.3) is 0 Å².